The van der Waals surface area contributed by atoms with E-state index in [4.69, 9.17) is 0 Å². The van der Waals surface area contributed by atoms with Crippen molar-refractivity contribution < 1.29 is 9.53 Å². The number of hydrogen-bond donors (Lipinski definition) is 0. The first kappa shape index (κ1) is 8.95. The number of carbonyl (C=O) groups is 1. The van der Waals surface area contributed by atoms with Crippen molar-refractivity contribution in [1.82, 2.24) is 0 Å². The van der Waals surface area contributed by atoms with Gasteiger partial charge in [-0.25, -0.2) is 0 Å². The van der Waals surface area contributed by atoms with Crippen molar-refractivity contribution in [2.75, 3.05) is 6.61 Å². The SMILES string of the molecule is [CH2]COC(=O)CC(C)Br. The number of carbonyl (C=O) groups excluding carboxylic acids is 1. The van der Waals surface area contributed by atoms with Gasteiger partial charge in [0, 0.05) is 4.83 Å². The maximum absolute atomic E-state index is 10.6. The molecule has 2 nitrogen and oxygen atoms in total. The van der Waals surface area contributed by atoms with E-state index in [1.54, 1.807) is 0 Å². The van der Waals surface area contributed by atoms with Crippen LogP contribution in [0.4, 0.5) is 0 Å². The molecule has 0 saturated heterocycles. The summed E-state index contributed by atoms with van der Waals surface area (Å²) in [4.78, 5) is 10.8. The first-order chi connectivity index (χ1) is 4.16. The minimum absolute atomic E-state index is 0.191. The third kappa shape index (κ3) is 5.83. The number of esters is 1. The Morgan fingerprint density at radius 2 is 2.44 bits per heavy atom. The fourth-order valence-electron chi connectivity index (χ4n) is 0.402. The van der Waals surface area contributed by atoms with E-state index in [1.807, 2.05) is 6.92 Å². The summed E-state index contributed by atoms with van der Waals surface area (Å²) in [5.74, 6) is -0.200. The fourth-order valence-corrected chi connectivity index (χ4v) is 0.667. The lowest BCUT2D eigenvalue weighted by Crippen LogP contribution is -2.08. The van der Waals surface area contributed by atoms with Gasteiger partial charge < -0.3 is 4.74 Å². The zero-order chi connectivity index (χ0) is 7.28. The second-order valence-electron chi connectivity index (χ2n) is 1.71. The van der Waals surface area contributed by atoms with Crippen molar-refractivity contribution in [2.24, 2.45) is 0 Å². The van der Waals surface area contributed by atoms with Gasteiger partial charge >= 0.3 is 5.97 Å². The second-order valence-corrected chi connectivity index (χ2v) is 3.27. The Hall–Kier alpha value is -0.0500. The second kappa shape index (κ2) is 4.79. The zero-order valence-electron chi connectivity index (χ0n) is 5.39. The zero-order valence-corrected chi connectivity index (χ0v) is 6.98. The standard InChI is InChI=1S/C6H10BrO2/c1-3-9-6(8)4-5(2)7/h5H,1,3-4H2,2H3. The predicted molar refractivity (Wildman–Crippen MR) is 39.3 cm³/mol. The van der Waals surface area contributed by atoms with Gasteiger partial charge in [-0.15, -0.1) is 0 Å². The van der Waals surface area contributed by atoms with Crippen LogP contribution in [-0.4, -0.2) is 17.4 Å². The average molecular weight is 194 g/mol. The molecule has 1 radical (unpaired) electrons. The maximum atomic E-state index is 10.6. The van der Waals surface area contributed by atoms with Gasteiger partial charge in [0.05, 0.1) is 13.0 Å². The highest BCUT2D eigenvalue weighted by Gasteiger charge is 2.04. The molecule has 0 fully saturated rings. The summed E-state index contributed by atoms with van der Waals surface area (Å²) in [5.41, 5.74) is 0. The Bertz CT molecular complexity index is 91.1. The first-order valence-corrected chi connectivity index (χ1v) is 3.67. The predicted octanol–water partition coefficient (Wildman–Crippen LogP) is 1.54. The van der Waals surface area contributed by atoms with Crippen molar-refractivity contribution in [2.45, 2.75) is 18.2 Å². The lowest BCUT2D eigenvalue weighted by molar-refractivity contribution is -0.142. The summed E-state index contributed by atoms with van der Waals surface area (Å²) < 4.78 is 4.57. The summed E-state index contributed by atoms with van der Waals surface area (Å²) in [6, 6.07) is 0. The number of hydrogen-bond acceptors (Lipinski definition) is 2. The van der Waals surface area contributed by atoms with E-state index < -0.39 is 0 Å². The Labute approximate surface area is 63.7 Å². The summed E-state index contributed by atoms with van der Waals surface area (Å²) in [7, 11) is 0. The normalized spacial score (nSPS) is 12.8. The molecule has 0 aromatic carbocycles. The van der Waals surface area contributed by atoms with Crippen molar-refractivity contribution in [3.05, 3.63) is 6.92 Å². The highest BCUT2D eigenvalue weighted by Crippen LogP contribution is 2.03. The molecule has 3 heteroatoms. The largest absolute Gasteiger partial charge is 0.466 e. The van der Waals surface area contributed by atoms with E-state index >= 15 is 0 Å². The van der Waals surface area contributed by atoms with Crippen LogP contribution in [0.2, 0.25) is 0 Å². The Balaban J connectivity index is 3.27. The van der Waals surface area contributed by atoms with E-state index in [1.165, 1.54) is 0 Å². The summed E-state index contributed by atoms with van der Waals surface area (Å²) in [6.07, 6.45) is 0.412. The molecule has 0 amide bonds. The van der Waals surface area contributed by atoms with Crippen LogP contribution in [0.25, 0.3) is 0 Å². The van der Waals surface area contributed by atoms with Crippen LogP contribution in [0.3, 0.4) is 0 Å². The van der Waals surface area contributed by atoms with Crippen LogP contribution in [0.15, 0.2) is 0 Å². The van der Waals surface area contributed by atoms with Gasteiger partial charge in [0.25, 0.3) is 0 Å². The van der Waals surface area contributed by atoms with Gasteiger partial charge in [-0.3, -0.25) is 4.79 Å². The van der Waals surface area contributed by atoms with Crippen LogP contribution in [-0.2, 0) is 9.53 Å². The van der Waals surface area contributed by atoms with Crippen LogP contribution in [0.5, 0.6) is 0 Å². The smallest absolute Gasteiger partial charge is 0.306 e. The monoisotopic (exact) mass is 193 g/mol. The molecule has 0 aromatic heterocycles. The Morgan fingerprint density at radius 3 is 2.78 bits per heavy atom. The molecular weight excluding hydrogens is 184 g/mol. The van der Waals surface area contributed by atoms with Crippen LogP contribution >= 0.6 is 15.9 Å². The van der Waals surface area contributed by atoms with Gasteiger partial charge in [0.1, 0.15) is 0 Å². The topological polar surface area (TPSA) is 26.3 Å². The number of ether oxygens (including phenoxy) is 1. The molecule has 0 heterocycles. The Kier molecular flexibility index (Phi) is 4.77. The number of halogens is 1. The highest BCUT2D eigenvalue weighted by atomic mass is 79.9. The Morgan fingerprint density at radius 1 is 1.89 bits per heavy atom. The van der Waals surface area contributed by atoms with Gasteiger partial charge in [-0.05, 0) is 6.92 Å². The van der Waals surface area contributed by atoms with E-state index in [2.05, 4.69) is 27.6 Å². The van der Waals surface area contributed by atoms with Gasteiger partial charge in [0.2, 0.25) is 0 Å². The molecule has 0 spiro atoms. The third-order valence-corrected chi connectivity index (χ3v) is 1.03. The van der Waals surface area contributed by atoms with Crippen molar-refractivity contribution in [1.29, 1.82) is 0 Å². The summed E-state index contributed by atoms with van der Waals surface area (Å²) in [6.45, 7) is 5.49. The van der Waals surface area contributed by atoms with Crippen LogP contribution in [0.1, 0.15) is 13.3 Å². The average Bonchev–Trinajstić information content (AvgIpc) is 1.63. The molecule has 53 valence electrons. The van der Waals surface area contributed by atoms with E-state index in [9.17, 15) is 4.79 Å². The van der Waals surface area contributed by atoms with Gasteiger partial charge in [-0.2, -0.15) is 0 Å². The van der Waals surface area contributed by atoms with Crippen LogP contribution < -0.4 is 0 Å². The lowest BCUT2D eigenvalue weighted by atomic mass is 10.3. The molecule has 0 bridgehead atoms. The quantitative estimate of drug-likeness (QED) is 0.503. The molecule has 0 aliphatic carbocycles. The summed E-state index contributed by atoms with van der Waals surface area (Å²) in [5, 5.41) is 0. The maximum Gasteiger partial charge on any atom is 0.306 e. The lowest BCUT2D eigenvalue weighted by Gasteiger charge is -2.01. The number of alkyl halides is 1. The minimum Gasteiger partial charge on any atom is -0.466 e. The molecule has 9 heavy (non-hydrogen) atoms. The van der Waals surface area contributed by atoms with Gasteiger partial charge in [0.15, 0.2) is 0 Å². The molecule has 0 rings (SSSR count). The van der Waals surface area contributed by atoms with Crippen molar-refractivity contribution in [3.63, 3.8) is 0 Å². The molecule has 0 aliphatic heterocycles. The molecule has 1 unspecified atom stereocenters. The molecule has 0 N–H and O–H groups in total. The van der Waals surface area contributed by atoms with E-state index in [0.29, 0.717) is 6.42 Å². The molecule has 0 aromatic rings. The van der Waals surface area contributed by atoms with Crippen molar-refractivity contribution in [3.8, 4) is 0 Å². The van der Waals surface area contributed by atoms with Crippen molar-refractivity contribution >= 4 is 21.9 Å². The molecule has 0 saturated carbocycles. The highest BCUT2D eigenvalue weighted by molar-refractivity contribution is 9.09. The van der Waals surface area contributed by atoms with E-state index in [0.717, 1.165) is 0 Å². The fraction of sp³-hybridized carbons (Fsp3) is 0.667. The molecular formula is C6H10BrO2. The molecule has 1 atom stereocenters. The van der Waals surface area contributed by atoms with E-state index in [-0.39, 0.29) is 17.4 Å². The third-order valence-electron chi connectivity index (χ3n) is 0.711. The van der Waals surface area contributed by atoms with Gasteiger partial charge in [-0.1, -0.05) is 22.9 Å². The molecule has 0 aliphatic rings. The first-order valence-electron chi connectivity index (χ1n) is 2.75. The minimum atomic E-state index is -0.200. The summed E-state index contributed by atoms with van der Waals surface area (Å²) >= 11 is 3.22. The number of rotatable bonds is 3. The van der Waals surface area contributed by atoms with Crippen LogP contribution in [0, 0.1) is 6.92 Å².